The van der Waals surface area contributed by atoms with Gasteiger partial charge in [-0.25, -0.2) is 9.97 Å². The van der Waals surface area contributed by atoms with Gasteiger partial charge in [-0.3, -0.25) is 4.90 Å². The van der Waals surface area contributed by atoms with E-state index < -0.39 is 0 Å². The average molecular weight is 433 g/mol. The maximum Gasteiger partial charge on any atom is 0.159 e. The Morgan fingerprint density at radius 2 is 1.72 bits per heavy atom. The Kier molecular flexibility index (Phi) is 7.40. The van der Waals surface area contributed by atoms with Gasteiger partial charge in [-0.1, -0.05) is 43.7 Å². The minimum absolute atomic E-state index is 0.576. The third-order valence-electron chi connectivity index (χ3n) is 5.67. The van der Waals surface area contributed by atoms with E-state index >= 15 is 0 Å². The fraction of sp³-hybridized carbons (Fsp3) is 0.360. The number of piperazine rings is 1. The minimum atomic E-state index is 0.576. The second-order valence-corrected chi connectivity index (χ2v) is 8.06. The molecule has 2 aromatic carbocycles. The van der Waals surface area contributed by atoms with Crippen LogP contribution >= 0.6 is 0 Å². The molecular formula is C25H32N6O. The largest absolute Gasteiger partial charge is 0.494 e. The van der Waals surface area contributed by atoms with Gasteiger partial charge in [0.1, 0.15) is 17.8 Å². The molecule has 0 atom stereocenters. The average Bonchev–Trinajstić information content (AvgIpc) is 2.83. The molecule has 0 saturated carbocycles. The van der Waals surface area contributed by atoms with Gasteiger partial charge in [0.2, 0.25) is 0 Å². The zero-order valence-corrected chi connectivity index (χ0v) is 18.7. The summed E-state index contributed by atoms with van der Waals surface area (Å²) in [6.45, 7) is 7.58. The molecule has 3 N–H and O–H groups in total. The van der Waals surface area contributed by atoms with E-state index in [1.807, 2.05) is 24.3 Å². The highest BCUT2D eigenvalue weighted by molar-refractivity contribution is 5.78. The van der Waals surface area contributed by atoms with Gasteiger partial charge in [-0.15, -0.1) is 0 Å². The summed E-state index contributed by atoms with van der Waals surface area (Å²) in [4.78, 5) is 13.6. The van der Waals surface area contributed by atoms with Gasteiger partial charge in [0.15, 0.2) is 11.6 Å². The van der Waals surface area contributed by atoms with Gasteiger partial charge in [0.25, 0.3) is 0 Å². The number of anilines is 4. The molecule has 1 aromatic heterocycles. The molecule has 7 heteroatoms. The van der Waals surface area contributed by atoms with Crippen molar-refractivity contribution < 1.29 is 4.74 Å². The summed E-state index contributed by atoms with van der Waals surface area (Å²) in [5.41, 5.74) is 9.30. The van der Waals surface area contributed by atoms with E-state index in [-0.39, 0.29) is 0 Å². The first-order valence-corrected chi connectivity index (χ1v) is 11.3. The highest BCUT2D eigenvalue weighted by Crippen LogP contribution is 2.29. The van der Waals surface area contributed by atoms with E-state index in [1.165, 1.54) is 5.56 Å². The number of nitrogen functional groups attached to an aromatic ring is 1. The van der Waals surface area contributed by atoms with Gasteiger partial charge < -0.3 is 20.7 Å². The van der Waals surface area contributed by atoms with Gasteiger partial charge in [-0.05, 0) is 36.2 Å². The Morgan fingerprint density at radius 1 is 0.969 bits per heavy atom. The van der Waals surface area contributed by atoms with Crippen LogP contribution in [0.5, 0.6) is 5.75 Å². The van der Waals surface area contributed by atoms with E-state index in [0.717, 1.165) is 69.4 Å². The maximum absolute atomic E-state index is 6.46. The van der Waals surface area contributed by atoms with Crippen LogP contribution in [0, 0.1) is 0 Å². The number of hydrogen-bond donors (Lipinski definition) is 2. The molecule has 32 heavy (non-hydrogen) atoms. The number of rotatable bonds is 9. The number of nitrogens with zero attached hydrogens (tertiary/aromatic N) is 4. The first kappa shape index (κ1) is 21.9. The van der Waals surface area contributed by atoms with Crippen molar-refractivity contribution in [2.45, 2.75) is 26.3 Å². The molecule has 1 fully saturated rings. The van der Waals surface area contributed by atoms with Crippen molar-refractivity contribution >= 4 is 23.0 Å². The Bertz CT molecular complexity index is 971. The predicted molar refractivity (Wildman–Crippen MR) is 131 cm³/mol. The summed E-state index contributed by atoms with van der Waals surface area (Å²) >= 11 is 0. The van der Waals surface area contributed by atoms with Crippen LogP contribution in [0.3, 0.4) is 0 Å². The predicted octanol–water partition coefficient (Wildman–Crippen LogP) is 4.30. The molecule has 0 amide bonds. The van der Waals surface area contributed by atoms with Crippen molar-refractivity contribution in [3.63, 3.8) is 0 Å². The van der Waals surface area contributed by atoms with Crippen LogP contribution in [0.1, 0.15) is 25.3 Å². The molecule has 1 aliphatic heterocycles. The first-order valence-electron chi connectivity index (χ1n) is 11.3. The summed E-state index contributed by atoms with van der Waals surface area (Å²) < 4.78 is 5.73. The molecule has 7 nitrogen and oxygen atoms in total. The van der Waals surface area contributed by atoms with Gasteiger partial charge >= 0.3 is 0 Å². The molecule has 4 rings (SSSR count). The molecule has 0 aliphatic carbocycles. The molecule has 0 radical (unpaired) electrons. The smallest absolute Gasteiger partial charge is 0.159 e. The van der Waals surface area contributed by atoms with E-state index in [0.29, 0.717) is 11.5 Å². The van der Waals surface area contributed by atoms with Crippen molar-refractivity contribution in [2.75, 3.05) is 48.7 Å². The van der Waals surface area contributed by atoms with Crippen LogP contribution in [0.25, 0.3) is 0 Å². The second kappa shape index (κ2) is 10.8. The van der Waals surface area contributed by atoms with E-state index in [1.54, 1.807) is 6.33 Å². The molecule has 1 aliphatic rings. The monoisotopic (exact) mass is 432 g/mol. The van der Waals surface area contributed by atoms with Crippen LogP contribution in [-0.4, -0.2) is 47.7 Å². The normalized spacial score (nSPS) is 14.3. The third-order valence-corrected chi connectivity index (χ3v) is 5.67. The lowest BCUT2D eigenvalue weighted by Gasteiger charge is -2.36. The van der Waals surface area contributed by atoms with E-state index in [2.05, 4.69) is 62.3 Å². The van der Waals surface area contributed by atoms with Crippen LogP contribution in [0.4, 0.5) is 23.0 Å². The second-order valence-electron chi connectivity index (χ2n) is 8.06. The molecule has 2 heterocycles. The Labute approximate surface area is 190 Å². The quantitative estimate of drug-likeness (QED) is 0.488. The Hall–Kier alpha value is -3.32. The summed E-state index contributed by atoms with van der Waals surface area (Å²) in [6.07, 6.45) is 3.75. The fourth-order valence-corrected chi connectivity index (χ4v) is 3.80. The van der Waals surface area contributed by atoms with Crippen LogP contribution in [-0.2, 0) is 6.54 Å². The fourth-order valence-electron chi connectivity index (χ4n) is 3.80. The lowest BCUT2D eigenvalue weighted by Crippen LogP contribution is -2.46. The van der Waals surface area contributed by atoms with Gasteiger partial charge in [0.05, 0.1) is 6.61 Å². The van der Waals surface area contributed by atoms with Crippen molar-refractivity contribution in [1.82, 2.24) is 14.9 Å². The number of nitrogens with one attached hydrogen (secondary N) is 1. The third kappa shape index (κ3) is 5.68. The lowest BCUT2D eigenvalue weighted by molar-refractivity contribution is 0.249. The first-order chi connectivity index (χ1) is 15.7. The molecule has 1 saturated heterocycles. The van der Waals surface area contributed by atoms with Crippen molar-refractivity contribution in [1.29, 1.82) is 0 Å². The molecule has 0 unspecified atom stereocenters. The van der Waals surface area contributed by atoms with Gasteiger partial charge in [0, 0.05) is 38.4 Å². The van der Waals surface area contributed by atoms with Crippen LogP contribution in [0.15, 0.2) is 60.9 Å². The number of aromatic nitrogens is 2. The minimum Gasteiger partial charge on any atom is -0.494 e. The molecular weight excluding hydrogens is 400 g/mol. The standard InChI is InChI=1S/C25H32N6O/c1-2-3-17-32-22-11-9-21(10-12-22)29-24-23(26)25(28-19-27-24)31-15-13-30(14-16-31)18-20-7-5-4-6-8-20/h4-12,19H,2-3,13-18,26H2,1H3,(H,27,28,29). The molecule has 168 valence electrons. The number of unbranched alkanes of at least 4 members (excludes halogenated alkanes) is 1. The Balaban J connectivity index is 1.35. The summed E-state index contributed by atoms with van der Waals surface area (Å²) in [5.74, 6) is 2.29. The lowest BCUT2D eigenvalue weighted by atomic mass is 10.2. The van der Waals surface area contributed by atoms with Crippen molar-refractivity contribution in [3.8, 4) is 5.75 Å². The summed E-state index contributed by atoms with van der Waals surface area (Å²) in [6, 6.07) is 18.5. The number of benzene rings is 2. The Morgan fingerprint density at radius 3 is 2.44 bits per heavy atom. The van der Waals surface area contributed by atoms with Crippen molar-refractivity contribution in [3.05, 3.63) is 66.5 Å². The van der Waals surface area contributed by atoms with Crippen molar-refractivity contribution in [2.24, 2.45) is 0 Å². The van der Waals surface area contributed by atoms with E-state index in [9.17, 15) is 0 Å². The van der Waals surface area contributed by atoms with Crippen LogP contribution in [0.2, 0.25) is 0 Å². The van der Waals surface area contributed by atoms with Crippen LogP contribution < -0.4 is 20.7 Å². The highest BCUT2D eigenvalue weighted by Gasteiger charge is 2.21. The summed E-state index contributed by atoms with van der Waals surface area (Å²) in [5, 5.41) is 3.32. The SMILES string of the molecule is CCCCOc1ccc(Nc2ncnc(N3CCN(Cc4ccccc4)CC3)c2N)cc1. The number of hydrogen-bond acceptors (Lipinski definition) is 7. The zero-order valence-electron chi connectivity index (χ0n) is 18.7. The molecule has 0 spiro atoms. The maximum atomic E-state index is 6.46. The highest BCUT2D eigenvalue weighted by atomic mass is 16.5. The van der Waals surface area contributed by atoms with E-state index in [4.69, 9.17) is 10.5 Å². The number of ether oxygens (including phenoxy) is 1. The number of nitrogens with two attached hydrogens (primary N) is 1. The topological polar surface area (TPSA) is 79.5 Å². The summed E-state index contributed by atoms with van der Waals surface area (Å²) in [7, 11) is 0. The zero-order chi connectivity index (χ0) is 22.2. The molecule has 3 aromatic rings. The molecule has 0 bridgehead atoms. The van der Waals surface area contributed by atoms with Gasteiger partial charge in [-0.2, -0.15) is 0 Å².